The molecule has 3 N–H and O–H groups in total. The summed E-state index contributed by atoms with van der Waals surface area (Å²) >= 11 is 0. The Bertz CT molecular complexity index is 1400. The number of methoxy groups -OCH3 is 1. The first-order valence-electron chi connectivity index (χ1n) is 11.8. The lowest BCUT2D eigenvalue weighted by molar-refractivity contribution is -0.145. The molecule has 1 aliphatic rings. The van der Waals surface area contributed by atoms with E-state index in [1.165, 1.54) is 26.3 Å². The minimum atomic E-state index is -1.16. The fourth-order valence-corrected chi connectivity index (χ4v) is 4.10. The monoisotopic (exact) mass is 520 g/mol. The van der Waals surface area contributed by atoms with E-state index in [1.54, 1.807) is 30.4 Å². The van der Waals surface area contributed by atoms with E-state index in [9.17, 15) is 23.9 Å². The molecule has 8 nitrogen and oxygen atoms in total. The number of esters is 1. The normalized spacial score (nSPS) is 13.4. The molecule has 9 heteroatoms. The number of amides is 2. The number of furan rings is 1. The molecule has 198 valence electrons. The van der Waals surface area contributed by atoms with Gasteiger partial charge in [0.25, 0.3) is 11.8 Å². The van der Waals surface area contributed by atoms with Gasteiger partial charge in [0.2, 0.25) is 0 Å². The van der Waals surface area contributed by atoms with Crippen LogP contribution < -0.4 is 10.6 Å². The number of ether oxygens (including phenoxy) is 1. The fourth-order valence-electron chi connectivity index (χ4n) is 4.10. The van der Waals surface area contributed by atoms with Crippen LogP contribution in [0, 0.1) is 5.82 Å². The number of benzene rings is 2. The van der Waals surface area contributed by atoms with E-state index in [0.717, 1.165) is 11.1 Å². The van der Waals surface area contributed by atoms with Crippen molar-refractivity contribution in [3.05, 3.63) is 90.3 Å². The summed E-state index contributed by atoms with van der Waals surface area (Å²) < 4.78 is 24.0. The highest BCUT2D eigenvalue weighted by Gasteiger charge is 2.24. The van der Waals surface area contributed by atoms with Crippen molar-refractivity contribution in [3.63, 3.8) is 0 Å². The Morgan fingerprint density at radius 2 is 1.79 bits per heavy atom. The molecule has 2 aromatic carbocycles. The van der Waals surface area contributed by atoms with Crippen LogP contribution in [-0.4, -0.2) is 49.7 Å². The van der Waals surface area contributed by atoms with Gasteiger partial charge in [-0.3, -0.25) is 9.59 Å². The van der Waals surface area contributed by atoms with Crippen molar-refractivity contribution in [2.75, 3.05) is 20.8 Å². The third kappa shape index (κ3) is 5.90. The molecule has 4 rings (SSSR count). The number of aliphatic hydroxyl groups is 1. The largest absolute Gasteiger partial charge is 0.467 e. The van der Waals surface area contributed by atoms with Gasteiger partial charge in [-0.2, -0.15) is 0 Å². The SMILES string of the molecule is C=C.CNC(=O)c1c(-c2ccc(F)cc2)oc2ccc(C3=CC(C(=O)N[C@H](CO)C(=O)OC)=CCC3)cc12. The lowest BCUT2D eigenvalue weighted by Crippen LogP contribution is -2.44. The third-order valence-electron chi connectivity index (χ3n) is 5.96. The zero-order chi connectivity index (χ0) is 27.8. The minimum absolute atomic E-state index is 0.328. The molecule has 1 aromatic heterocycles. The number of nitrogens with one attached hydrogen (secondary N) is 2. The standard InChI is InChI=1S/C27H25FN2O6.C2H4/c1-29-26(33)23-20-13-17(8-11-22(20)36-24(23)15-6-9-19(28)10-7-15)16-4-3-5-18(12-16)25(32)30-21(14-31)27(34)35-2;1-2/h5-13,21,31H,3-4,14H2,1-2H3,(H,29,33)(H,30,32);1-2H2/t21-;/m1./s1. The molecule has 1 heterocycles. The van der Waals surface area contributed by atoms with Gasteiger partial charge in [-0.05, 0) is 66.5 Å². The van der Waals surface area contributed by atoms with Crippen LogP contribution in [0.25, 0.3) is 27.9 Å². The molecule has 0 saturated heterocycles. The van der Waals surface area contributed by atoms with Crippen molar-refractivity contribution in [2.24, 2.45) is 0 Å². The number of hydrogen-bond acceptors (Lipinski definition) is 6. The van der Waals surface area contributed by atoms with Crippen LogP contribution >= 0.6 is 0 Å². The van der Waals surface area contributed by atoms with Gasteiger partial charge >= 0.3 is 5.97 Å². The minimum Gasteiger partial charge on any atom is -0.467 e. The summed E-state index contributed by atoms with van der Waals surface area (Å²) in [6.45, 7) is 5.41. The second-order valence-corrected chi connectivity index (χ2v) is 8.20. The molecular weight excluding hydrogens is 491 g/mol. The van der Waals surface area contributed by atoms with Gasteiger partial charge in [-0.25, -0.2) is 9.18 Å². The molecule has 0 radical (unpaired) electrons. The summed E-state index contributed by atoms with van der Waals surface area (Å²) in [6.07, 6.45) is 4.71. The second-order valence-electron chi connectivity index (χ2n) is 8.20. The molecule has 0 fully saturated rings. The van der Waals surface area contributed by atoms with Crippen molar-refractivity contribution in [1.29, 1.82) is 0 Å². The molecule has 2 amide bonds. The van der Waals surface area contributed by atoms with Crippen LogP contribution in [0.15, 0.2) is 77.8 Å². The second kappa shape index (κ2) is 12.6. The maximum absolute atomic E-state index is 13.4. The van der Waals surface area contributed by atoms with Crippen LogP contribution in [0.2, 0.25) is 0 Å². The van der Waals surface area contributed by atoms with E-state index in [1.807, 2.05) is 12.1 Å². The van der Waals surface area contributed by atoms with Crippen LogP contribution in [-0.2, 0) is 14.3 Å². The number of halogens is 1. The van der Waals surface area contributed by atoms with Crippen molar-refractivity contribution in [2.45, 2.75) is 18.9 Å². The van der Waals surface area contributed by atoms with Crippen molar-refractivity contribution in [3.8, 4) is 11.3 Å². The van der Waals surface area contributed by atoms with Gasteiger partial charge < -0.3 is 24.9 Å². The Morgan fingerprint density at radius 3 is 2.42 bits per heavy atom. The van der Waals surface area contributed by atoms with Gasteiger partial charge in [0.15, 0.2) is 6.04 Å². The summed E-state index contributed by atoms with van der Waals surface area (Å²) in [5.41, 5.74) is 3.39. The highest BCUT2D eigenvalue weighted by molar-refractivity contribution is 6.11. The average Bonchev–Trinajstić information content (AvgIpc) is 3.35. The topological polar surface area (TPSA) is 118 Å². The Morgan fingerprint density at radius 1 is 1.11 bits per heavy atom. The summed E-state index contributed by atoms with van der Waals surface area (Å²) in [4.78, 5) is 37.2. The van der Waals surface area contributed by atoms with Gasteiger partial charge in [0, 0.05) is 23.6 Å². The molecule has 3 aromatic rings. The summed E-state index contributed by atoms with van der Waals surface area (Å²) in [5.74, 6) is -1.66. The molecule has 0 spiro atoms. The van der Waals surface area contributed by atoms with Crippen LogP contribution in [0.4, 0.5) is 4.39 Å². The lowest BCUT2D eigenvalue weighted by atomic mass is 9.92. The summed E-state index contributed by atoms with van der Waals surface area (Å²) in [7, 11) is 2.70. The van der Waals surface area contributed by atoms with Crippen molar-refractivity contribution < 1.29 is 33.0 Å². The quantitative estimate of drug-likeness (QED) is 0.318. The van der Waals surface area contributed by atoms with Crippen molar-refractivity contribution in [1.82, 2.24) is 10.6 Å². The predicted octanol–water partition coefficient (Wildman–Crippen LogP) is 4.15. The van der Waals surface area contributed by atoms with Gasteiger partial charge in [0.1, 0.15) is 17.2 Å². The number of allylic oxidation sites excluding steroid dienone is 2. The number of rotatable bonds is 7. The number of fused-ring (bicyclic) bond motifs is 1. The maximum atomic E-state index is 13.4. The zero-order valence-electron chi connectivity index (χ0n) is 21.2. The highest BCUT2D eigenvalue weighted by atomic mass is 19.1. The molecule has 1 aliphatic carbocycles. The van der Waals surface area contributed by atoms with E-state index < -0.39 is 30.3 Å². The molecule has 0 aliphatic heterocycles. The molecule has 0 bridgehead atoms. The van der Waals surface area contributed by atoms with Crippen LogP contribution in [0.3, 0.4) is 0 Å². The lowest BCUT2D eigenvalue weighted by Gasteiger charge is -2.17. The maximum Gasteiger partial charge on any atom is 0.330 e. The molecule has 0 unspecified atom stereocenters. The van der Waals surface area contributed by atoms with Gasteiger partial charge in [-0.15, -0.1) is 13.2 Å². The van der Waals surface area contributed by atoms with Crippen LogP contribution in [0.1, 0.15) is 28.8 Å². The van der Waals surface area contributed by atoms with Crippen molar-refractivity contribution >= 4 is 34.3 Å². The molecule has 1 atom stereocenters. The number of carbonyl (C=O) groups excluding carboxylic acids is 3. The highest BCUT2D eigenvalue weighted by Crippen LogP contribution is 2.36. The smallest absolute Gasteiger partial charge is 0.330 e. The van der Waals surface area contributed by atoms with E-state index in [4.69, 9.17) is 4.42 Å². The van der Waals surface area contributed by atoms with Gasteiger partial charge in [0.05, 0.1) is 19.3 Å². The average molecular weight is 521 g/mol. The Hall–Kier alpha value is -4.50. The Labute approximate surface area is 219 Å². The summed E-state index contributed by atoms with van der Waals surface area (Å²) in [6, 6.07) is 9.96. The van der Waals surface area contributed by atoms with E-state index in [-0.39, 0.29) is 5.91 Å². The fraction of sp³-hybridized carbons (Fsp3) is 0.207. The zero-order valence-corrected chi connectivity index (χ0v) is 21.2. The Balaban J connectivity index is 0.00000195. The number of carbonyl (C=O) groups is 3. The predicted molar refractivity (Wildman–Crippen MR) is 143 cm³/mol. The van der Waals surface area contributed by atoms with E-state index in [0.29, 0.717) is 46.3 Å². The first kappa shape index (κ1) is 28.1. The molecular formula is C29H29FN2O6. The molecule has 0 saturated carbocycles. The Kier molecular flexibility index (Phi) is 9.34. The van der Waals surface area contributed by atoms with Gasteiger partial charge in [-0.1, -0.05) is 12.1 Å². The van der Waals surface area contributed by atoms with Crippen LogP contribution in [0.5, 0.6) is 0 Å². The van der Waals surface area contributed by atoms with E-state index in [2.05, 4.69) is 28.5 Å². The summed E-state index contributed by atoms with van der Waals surface area (Å²) in [5, 5.41) is 15.1. The first-order chi connectivity index (χ1) is 18.4. The van der Waals surface area contributed by atoms with E-state index >= 15 is 0 Å². The molecule has 38 heavy (non-hydrogen) atoms. The first-order valence-corrected chi connectivity index (χ1v) is 11.8. The third-order valence-corrected chi connectivity index (χ3v) is 5.96. The number of aliphatic hydroxyl groups excluding tert-OH is 1. The number of hydrogen-bond donors (Lipinski definition) is 3.